The van der Waals surface area contributed by atoms with E-state index in [1.165, 1.54) is 12.8 Å². The Morgan fingerprint density at radius 1 is 1.40 bits per heavy atom. The minimum atomic E-state index is 0.789. The molecule has 0 saturated carbocycles. The maximum atomic E-state index is 4.31. The van der Waals surface area contributed by atoms with Gasteiger partial charge < -0.3 is 4.90 Å². The van der Waals surface area contributed by atoms with Crippen LogP contribution in [0.1, 0.15) is 12.8 Å². The minimum absolute atomic E-state index is 0.789. The number of alkyl halides is 1. The van der Waals surface area contributed by atoms with Crippen molar-refractivity contribution in [3.05, 3.63) is 16.9 Å². The normalized spacial score (nSPS) is 20.9. The molecule has 1 saturated heterocycles. The second-order valence-electron chi connectivity index (χ2n) is 3.78. The lowest BCUT2D eigenvalue weighted by Gasteiger charge is -2.15. The van der Waals surface area contributed by atoms with E-state index in [-0.39, 0.29) is 0 Å². The van der Waals surface area contributed by atoms with Crippen molar-refractivity contribution in [1.82, 2.24) is 9.97 Å². The van der Waals surface area contributed by atoms with E-state index >= 15 is 0 Å². The number of hydrogen-bond donors (Lipinski definition) is 0. The third-order valence-corrected chi connectivity index (χ3v) is 3.56. The zero-order valence-corrected chi connectivity index (χ0v) is 11.5. The highest BCUT2D eigenvalue weighted by Gasteiger charge is 2.23. The predicted octanol–water partition coefficient (Wildman–Crippen LogP) is 2.85. The molecule has 2 heterocycles. The summed E-state index contributed by atoms with van der Waals surface area (Å²) in [5.41, 5.74) is 0. The van der Waals surface area contributed by atoms with E-state index in [0.29, 0.717) is 0 Å². The molecule has 0 amide bonds. The molecular formula is C10H13Br2N3. The largest absolute Gasteiger partial charge is 0.341 e. The highest BCUT2D eigenvalue weighted by Crippen LogP contribution is 2.23. The molecular weight excluding hydrogens is 322 g/mol. The Bertz CT molecular complexity index is 315. The van der Waals surface area contributed by atoms with Crippen molar-refractivity contribution in [3.63, 3.8) is 0 Å². The molecule has 1 unspecified atom stereocenters. The summed E-state index contributed by atoms with van der Waals surface area (Å²) in [4.78, 5) is 10.9. The number of nitrogens with zero attached hydrogens (tertiary/aromatic N) is 3. The molecule has 1 atom stereocenters. The Balaban J connectivity index is 1.98. The number of aromatic nitrogens is 2. The van der Waals surface area contributed by atoms with Crippen molar-refractivity contribution in [2.45, 2.75) is 12.8 Å². The van der Waals surface area contributed by atoms with Crippen LogP contribution < -0.4 is 4.90 Å². The van der Waals surface area contributed by atoms with Crippen molar-refractivity contribution < 1.29 is 0 Å². The molecule has 0 aliphatic carbocycles. The van der Waals surface area contributed by atoms with E-state index in [0.717, 1.165) is 34.8 Å². The predicted molar refractivity (Wildman–Crippen MR) is 68.5 cm³/mol. The van der Waals surface area contributed by atoms with Crippen molar-refractivity contribution in [1.29, 1.82) is 0 Å². The number of hydrogen-bond acceptors (Lipinski definition) is 3. The van der Waals surface area contributed by atoms with Gasteiger partial charge >= 0.3 is 0 Å². The van der Waals surface area contributed by atoms with Crippen LogP contribution >= 0.6 is 31.9 Å². The first-order valence-corrected chi connectivity index (χ1v) is 6.99. The number of anilines is 1. The standard InChI is InChI=1S/C10H13Br2N3/c11-3-1-8-2-4-15(7-8)10-13-5-9(12)6-14-10/h5-6,8H,1-4,7H2. The SMILES string of the molecule is BrCCC1CCN(c2ncc(Br)cn2)C1. The summed E-state index contributed by atoms with van der Waals surface area (Å²) < 4.78 is 0.933. The molecule has 1 aliphatic rings. The topological polar surface area (TPSA) is 29.0 Å². The summed E-state index contributed by atoms with van der Waals surface area (Å²) in [5.74, 6) is 1.65. The molecule has 1 fully saturated rings. The molecule has 1 aromatic heterocycles. The van der Waals surface area contributed by atoms with Gasteiger partial charge in [-0.15, -0.1) is 0 Å². The van der Waals surface area contributed by atoms with Crippen LogP contribution in [0.2, 0.25) is 0 Å². The smallest absolute Gasteiger partial charge is 0.225 e. The maximum absolute atomic E-state index is 4.31. The molecule has 0 N–H and O–H groups in total. The fourth-order valence-corrected chi connectivity index (χ4v) is 2.73. The number of rotatable bonds is 3. The molecule has 82 valence electrons. The van der Waals surface area contributed by atoms with Gasteiger partial charge in [0.25, 0.3) is 0 Å². The third kappa shape index (κ3) is 2.91. The first-order chi connectivity index (χ1) is 7.29. The first kappa shape index (κ1) is 11.3. The average molecular weight is 335 g/mol. The van der Waals surface area contributed by atoms with Crippen LogP contribution in [0.5, 0.6) is 0 Å². The van der Waals surface area contributed by atoms with Gasteiger partial charge in [0.2, 0.25) is 5.95 Å². The summed E-state index contributed by atoms with van der Waals surface area (Å²) >= 11 is 6.83. The molecule has 1 aliphatic heterocycles. The van der Waals surface area contributed by atoms with Crippen LogP contribution in [-0.4, -0.2) is 28.4 Å². The second-order valence-corrected chi connectivity index (χ2v) is 5.49. The molecule has 2 rings (SSSR count). The van der Waals surface area contributed by atoms with E-state index in [9.17, 15) is 0 Å². The van der Waals surface area contributed by atoms with Gasteiger partial charge in [-0.2, -0.15) is 0 Å². The molecule has 0 spiro atoms. The zero-order valence-electron chi connectivity index (χ0n) is 8.37. The summed E-state index contributed by atoms with van der Waals surface area (Å²) in [7, 11) is 0. The Morgan fingerprint density at radius 2 is 2.13 bits per heavy atom. The fraction of sp³-hybridized carbons (Fsp3) is 0.600. The summed E-state index contributed by atoms with van der Waals surface area (Å²) in [6, 6.07) is 0. The zero-order chi connectivity index (χ0) is 10.7. The highest BCUT2D eigenvalue weighted by molar-refractivity contribution is 9.10. The van der Waals surface area contributed by atoms with Gasteiger partial charge in [-0.05, 0) is 34.7 Å². The third-order valence-electron chi connectivity index (χ3n) is 2.69. The molecule has 0 bridgehead atoms. The van der Waals surface area contributed by atoms with Crippen LogP contribution in [-0.2, 0) is 0 Å². The lowest BCUT2D eigenvalue weighted by molar-refractivity contribution is 0.575. The van der Waals surface area contributed by atoms with E-state index in [2.05, 4.69) is 46.7 Å². The van der Waals surface area contributed by atoms with Crippen LogP contribution in [0, 0.1) is 5.92 Å². The van der Waals surface area contributed by atoms with Gasteiger partial charge in [0.15, 0.2) is 0 Å². The van der Waals surface area contributed by atoms with Gasteiger partial charge in [0.05, 0.1) is 4.47 Å². The fourth-order valence-electron chi connectivity index (χ4n) is 1.87. The molecule has 3 nitrogen and oxygen atoms in total. The highest BCUT2D eigenvalue weighted by atomic mass is 79.9. The van der Waals surface area contributed by atoms with Crippen molar-refractivity contribution in [2.75, 3.05) is 23.3 Å². The summed E-state index contributed by atoms with van der Waals surface area (Å²) in [5, 5.41) is 1.09. The second kappa shape index (κ2) is 5.25. The van der Waals surface area contributed by atoms with Crippen LogP contribution in [0.25, 0.3) is 0 Å². The van der Waals surface area contributed by atoms with Gasteiger partial charge in [0, 0.05) is 30.8 Å². The Morgan fingerprint density at radius 3 is 2.80 bits per heavy atom. The Labute approximate surface area is 107 Å². The quantitative estimate of drug-likeness (QED) is 0.796. The maximum Gasteiger partial charge on any atom is 0.225 e. The van der Waals surface area contributed by atoms with E-state index in [1.807, 2.05) is 0 Å². The minimum Gasteiger partial charge on any atom is -0.341 e. The van der Waals surface area contributed by atoms with Gasteiger partial charge in [-0.25, -0.2) is 9.97 Å². The van der Waals surface area contributed by atoms with Crippen LogP contribution in [0.4, 0.5) is 5.95 Å². The van der Waals surface area contributed by atoms with Crippen molar-refractivity contribution >= 4 is 37.8 Å². The van der Waals surface area contributed by atoms with Crippen molar-refractivity contribution in [3.8, 4) is 0 Å². The molecule has 0 aromatic carbocycles. The van der Waals surface area contributed by atoms with Gasteiger partial charge in [-0.1, -0.05) is 15.9 Å². The van der Waals surface area contributed by atoms with Crippen LogP contribution in [0.3, 0.4) is 0 Å². The number of halogens is 2. The summed E-state index contributed by atoms with van der Waals surface area (Å²) in [6.45, 7) is 2.17. The van der Waals surface area contributed by atoms with E-state index < -0.39 is 0 Å². The monoisotopic (exact) mass is 333 g/mol. The lowest BCUT2D eigenvalue weighted by Crippen LogP contribution is -2.21. The molecule has 1 aromatic rings. The van der Waals surface area contributed by atoms with Gasteiger partial charge in [-0.3, -0.25) is 0 Å². The average Bonchev–Trinajstić information content (AvgIpc) is 2.68. The first-order valence-electron chi connectivity index (χ1n) is 5.08. The van der Waals surface area contributed by atoms with Crippen LogP contribution in [0.15, 0.2) is 16.9 Å². The van der Waals surface area contributed by atoms with Crippen molar-refractivity contribution in [2.24, 2.45) is 5.92 Å². The molecule has 15 heavy (non-hydrogen) atoms. The molecule has 5 heteroatoms. The van der Waals surface area contributed by atoms with Gasteiger partial charge in [0.1, 0.15) is 0 Å². The summed E-state index contributed by atoms with van der Waals surface area (Å²) in [6.07, 6.45) is 6.11. The van der Waals surface area contributed by atoms with E-state index in [4.69, 9.17) is 0 Å². The Hall–Kier alpha value is -0.160. The molecule has 0 radical (unpaired) electrons. The Kier molecular flexibility index (Phi) is 3.97. The van der Waals surface area contributed by atoms with E-state index in [1.54, 1.807) is 12.4 Å². The lowest BCUT2D eigenvalue weighted by atomic mass is 10.1.